The number of H-pyrrole nitrogens is 1. The Bertz CT molecular complexity index is 5920. The maximum atomic E-state index is 9.96. The minimum atomic E-state index is -1.00. The van der Waals surface area contributed by atoms with Crippen molar-refractivity contribution >= 4 is 99.1 Å². The van der Waals surface area contributed by atoms with Crippen LogP contribution in [0.4, 0.5) is 4.39 Å². The van der Waals surface area contributed by atoms with Gasteiger partial charge in [-0.2, -0.15) is 19.9 Å². The van der Waals surface area contributed by atoms with Gasteiger partial charge < -0.3 is 15.2 Å². The predicted octanol–water partition coefficient (Wildman–Crippen LogP) is 19.6. The van der Waals surface area contributed by atoms with Gasteiger partial charge in [0.1, 0.15) is 22.3 Å². The largest absolute Gasteiger partial charge is 1.00 e. The summed E-state index contributed by atoms with van der Waals surface area (Å²) in [5, 5.41) is 9.79. The van der Waals surface area contributed by atoms with Gasteiger partial charge in [-0.05, 0) is 129 Å². The van der Waals surface area contributed by atoms with Crippen LogP contribution in [0.15, 0.2) is 276 Å². The Morgan fingerprint density at radius 2 is 0.735 bits per heavy atom. The Morgan fingerprint density at radius 3 is 1.21 bits per heavy atom. The molecule has 6 aromatic heterocycles. The van der Waals surface area contributed by atoms with Crippen molar-refractivity contribution in [3.63, 3.8) is 0 Å². The first-order chi connectivity index (χ1) is 47.9. The molecule has 0 aliphatic heterocycles. The van der Waals surface area contributed by atoms with E-state index in [1.165, 1.54) is 82.5 Å². The van der Waals surface area contributed by atoms with Gasteiger partial charge in [0.25, 0.3) is 0 Å². The average molecular weight is 1300 g/mol. The molecule has 0 atom stereocenters. The SMILES string of the molecule is CC1(C)c2cc3[nH]c4ccccc4c3cc2-c2cc3c(cc21)oc1ccccc13.CC1(C)c2cc3oc4ccccc4c3cc2-c2cc3c4ccccc4n(-c4nc(-c5ccccc5)nc(-c5ccccc5)n4)c3cc21.Clc1nc(-c2ccccc2)nc(-c2ccccc2)n1.[2H]CF.[H-].[Na+]. The number of alkyl halides is 1. The number of rotatable bonds is 5. The van der Waals surface area contributed by atoms with Crippen molar-refractivity contribution in [2.75, 3.05) is 7.15 Å². The van der Waals surface area contributed by atoms with Gasteiger partial charge in [-0.15, -0.1) is 0 Å². The molecule has 0 saturated heterocycles. The Morgan fingerprint density at radius 1 is 0.367 bits per heavy atom. The Kier molecular flexibility index (Phi) is 15.3. The van der Waals surface area contributed by atoms with Gasteiger partial charge >= 0.3 is 29.6 Å². The minimum Gasteiger partial charge on any atom is -1.00 e. The summed E-state index contributed by atoms with van der Waals surface area (Å²) in [6, 6.07) is 92.1. The van der Waals surface area contributed by atoms with Crippen molar-refractivity contribution in [1.29, 1.82) is 0 Å². The number of halogens is 2. The Labute approximate surface area is 593 Å². The van der Waals surface area contributed by atoms with E-state index in [4.69, 9.17) is 36.8 Å². The molecule has 20 rings (SSSR count). The molecule has 6 heterocycles. The van der Waals surface area contributed by atoms with Crippen LogP contribution in [0.25, 0.3) is 161 Å². The van der Waals surface area contributed by atoms with Crippen LogP contribution in [-0.4, -0.2) is 46.6 Å². The fraction of sp³-hybridized carbons (Fsp3) is 0.0824. The number of aromatic nitrogens is 8. The third kappa shape index (κ3) is 10.3. The standard InChI is InChI=1S/C42H28N4O.C27H19NO.C15H10ClN3.CH3F.Na.H/c1-42(2)33-23-36-31(21-29(33)30-22-32-28-18-10-12-20-37(28)47-38(32)24-34(30)42)27-17-9-11-19-35(27)46(36)41-44-39(25-13-5-3-6-14-25)43-40(45-41)26-15-7-4-8-16-26;1-27(2)21-13-24-19(15-7-3-5-9-23(15)28-24)11-17(21)18-12-20-16-8-4-6-10-25(16)29-26(20)14-22(18)27;16-15-18-13(11-7-3-1-4-8-11)17-14(19-15)12-9-5-2-6-10-12;1-2;;/h3-24H,1-2H3;3-14,28H,1-2H3;1-10H;1H3;;/q;;;;+1;-1/i;;;1D;;. The Hall–Kier alpha value is -10.9. The molecule has 468 valence electrons. The van der Waals surface area contributed by atoms with Crippen LogP contribution < -0.4 is 29.6 Å². The summed E-state index contributed by atoms with van der Waals surface area (Å²) in [6.45, 7) is 9.27. The topological polar surface area (TPSA) is 124 Å². The third-order valence-electron chi connectivity index (χ3n) is 19.3. The van der Waals surface area contributed by atoms with Crippen LogP contribution in [0, 0.1) is 0 Å². The monoisotopic (exact) mass is 1300 g/mol. The molecular weight excluding hydrogens is 1240 g/mol. The molecule has 0 saturated carbocycles. The first-order valence-electron chi connectivity index (χ1n) is 32.9. The van der Waals surface area contributed by atoms with E-state index in [0.29, 0.717) is 29.2 Å². The number of hydrogen-bond donors (Lipinski definition) is 1. The van der Waals surface area contributed by atoms with Gasteiger partial charge in [0, 0.05) is 87.2 Å². The van der Waals surface area contributed by atoms with Crippen LogP contribution >= 0.6 is 11.6 Å². The van der Waals surface area contributed by atoms with E-state index in [9.17, 15) is 4.39 Å². The number of furan rings is 2. The summed E-state index contributed by atoms with van der Waals surface area (Å²) in [6.07, 6.45) is 0. The normalized spacial score (nSPS) is 13.1. The second kappa shape index (κ2) is 24.6. The van der Waals surface area contributed by atoms with Crippen LogP contribution in [0.5, 0.6) is 0 Å². The molecule has 0 amide bonds. The molecule has 13 heteroatoms. The Balaban J connectivity index is 0.000000130. The zero-order valence-corrected chi connectivity index (χ0v) is 57.1. The summed E-state index contributed by atoms with van der Waals surface area (Å²) in [7, 11) is -1.00. The van der Waals surface area contributed by atoms with E-state index in [-0.39, 0.29) is 47.1 Å². The molecule has 98 heavy (non-hydrogen) atoms. The first kappa shape index (κ1) is 60.7. The smallest absolute Gasteiger partial charge is 1.00 e. The molecule has 12 aromatic carbocycles. The molecule has 0 fully saturated rings. The van der Waals surface area contributed by atoms with Gasteiger partial charge in [-0.25, -0.2) is 9.97 Å². The van der Waals surface area contributed by atoms with E-state index in [1.807, 2.05) is 140 Å². The van der Waals surface area contributed by atoms with Gasteiger partial charge in [-0.1, -0.05) is 222 Å². The zero-order chi connectivity index (χ0) is 66.4. The summed E-state index contributed by atoms with van der Waals surface area (Å²) in [5.41, 5.74) is 22.2. The molecular formula is C85H61ClFN8NaO2. The molecule has 0 radical (unpaired) electrons. The second-order valence-corrected chi connectivity index (χ2v) is 26.0. The average Bonchev–Trinajstić information content (AvgIpc) is 1.55. The van der Waals surface area contributed by atoms with Gasteiger partial charge in [-0.3, -0.25) is 8.96 Å². The summed E-state index contributed by atoms with van der Waals surface area (Å²) in [4.78, 5) is 31.6. The van der Waals surface area contributed by atoms with E-state index in [1.54, 1.807) is 0 Å². The first-order valence-corrected chi connectivity index (χ1v) is 32.6. The zero-order valence-electron chi connectivity index (χ0n) is 56.3. The molecule has 2 aliphatic rings. The van der Waals surface area contributed by atoms with Crippen LogP contribution in [0.1, 0.15) is 52.7 Å². The summed E-state index contributed by atoms with van der Waals surface area (Å²) >= 11 is 5.99. The van der Waals surface area contributed by atoms with Crippen molar-refractivity contribution in [1.82, 2.24) is 39.5 Å². The molecule has 2 aliphatic carbocycles. The van der Waals surface area contributed by atoms with Gasteiger partial charge in [0.15, 0.2) is 23.3 Å². The number of para-hydroxylation sites is 4. The van der Waals surface area contributed by atoms with Crippen LogP contribution in [0.3, 0.4) is 0 Å². The number of hydrogen-bond acceptors (Lipinski definition) is 8. The molecule has 0 bridgehead atoms. The van der Waals surface area contributed by atoms with E-state index in [0.717, 1.165) is 71.8 Å². The van der Waals surface area contributed by atoms with Crippen molar-refractivity contribution in [3.05, 3.63) is 294 Å². The van der Waals surface area contributed by atoms with Crippen LogP contribution in [0.2, 0.25) is 5.28 Å². The van der Waals surface area contributed by atoms with Gasteiger partial charge in [0.2, 0.25) is 11.2 Å². The second-order valence-electron chi connectivity index (χ2n) is 25.6. The number of benzene rings is 12. The number of nitrogens with one attached hydrogen (secondary N) is 1. The molecule has 0 unspecified atom stereocenters. The molecule has 18 aromatic rings. The molecule has 10 nitrogen and oxygen atoms in total. The maximum absolute atomic E-state index is 9.96. The fourth-order valence-electron chi connectivity index (χ4n) is 14.6. The van der Waals surface area contributed by atoms with Crippen LogP contribution in [-0.2, 0) is 10.8 Å². The predicted molar refractivity (Wildman–Crippen MR) is 394 cm³/mol. The molecule has 0 spiro atoms. The van der Waals surface area contributed by atoms with E-state index >= 15 is 0 Å². The van der Waals surface area contributed by atoms with Crippen molar-refractivity contribution in [3.8, 4) is 73.8 Å². The van der Waals surface area contributed by atoms with Crippen molar-refractivity contribution in [2.24, 2.45) is 0 Å². The fourth-order valence-corrected chi connectivity index (χ4v) is 14.8. The minimum absolute atomic E-state index is 0. The number of aromatic amines is 1. The summed E-state index contributed by atoms with van der Waals surface area (Å²) < 4.78 is 30.2. The van der Waals surface area contributed by atoms with E-state index < -0.39 is 7.15 Å². The number of fused-ring (bicyclic) bond motifs is 18. The number of nitrogens with zero attached hydrogens (tertiary/aromatic N) is 7. The quantitative estimate of drug-likeness (QED) is 0.169. The van der Waals surface area contributed by atoms with E-state index in [2.05, 4.69) is 180 Å². The van der Waals surface area contributed by atoms with Crippen molar-refractivity contribution < 1.29 is 45.6 Å². The maximum Gasteiger partial charge on any atom is 1.00 e. The molecule has 1 N–H and O–H groups in total. The summed E-state index contributed by atoms with van der Waals surface area (Å²) in [5.74, 6) is 3.05. The van der Waals surface area contributed by atoms with Crippen molar-refractivity contribution in [2.45, 2.75) is 38.5 Å². The van der Waals surface area contributed by atoms with Gasteiger partial charge in [0.05, 0.1) is 19.6 Å². The third-order valence-corrected chi connectivity index (χ3v) is 19.5.